The molecule has 1 aliphatic rings. The van der Waals surface area contributed by atoms with E-state index < -0.39 is 0 Å². The molecule has 2 rings (SSSR count). The Morgan fingerprint density at radius 3 is 2.62 bits per heavy atom. The minimum Gasteiger partial charge on any atom is -0.348 e. The van der Waals surface area contributed by atoms with Gasteiger partial charge in [0.15, 0.2) is 0 Å². The van der Waals surface area contributed by atoms with E-state index in [-0.39, 0.29) is 11.8 Å². The summed E-state index contributed by atoms with van der Waals surface area (Å²) >= 11 is 1.85. The van der Waals surface area contributed by atoms with Crippen molar-refractivity contribution in [3.63, 3.8) is 0 Å². The molecule has 1 N–H and O–H groups in total. The molecule has 2 amide bonds. The average Bonchev–Trinajstić information content (AvgIpc) is 3.01. The van der Waals surface area contributed by atoms with E-state index in [0.717, 1.165) is 42.0 Å². The van der Waals surface area contributed by atoms with Gasteiger partial charge in [-0.2, -0.15) is 11.8 Å². The molecule has 5 heteroatoms. The highest BCUT2D eigenvalue weighted by atomic mass is 32.2. The minimum atomic E-state index is -0.0907. The van der Waals surface area contributed by atoms with E-state index in [1.54, 1.807) is 6.08 Å². The van der Waals surface area contributed by atoms with Crippen LogP contribution in [-0.2, 0) is 11.3 Å². The molecule has 1 fully saturated rings. The van der Waals surface area contributed by atoms with E-state index in [1.807, 2.05) is 54.8 Å². The number of carbonyl (C=O) groups excluding carboxylic acids is 2. The second kappa shape index (κ2) is 8.92. The number of likely N-dealkylation sites (tertiary alicyclic amines) is 1. The lowest BCUT2D eigenvalue weighted by molar-refractivity contribution is -0.116. The molecule has 24 heavy (non-hydrogen) atoms. The second-order valence-corrected chi connectivity index (χ2v) is 7.41. The van der Waals surface area contributed by atoms with Crippen LogP contribution in [0.1, 0.15) is 36.2 Å². The Hall–Kier alpha value is -1.75. The van der Waals surface area contributed by atoms with E-state index in [4.69, 9.17) is 0 Å². The van der Waals surface area contributed by atoms with Crippen LogP contribution in [0.15, 0.2) is 35.9 Å². The fourth-order valence-corrected chi connectivity index (χ4v) is 3.58. The van der Waals surface area contributed by atoms with Crippen molar-refractivity contribution in [2.45, 2.75) is 26.8 Å². The molecule has 0 aromatic heterocycles. The number of hydrogen-bond acceptors (Lipinski definition) is 3. The molecule has 0 bridgehead atoms. The predicted octanol–water partition coefficient (Wildman–Crippen LogP) is 3.09. The van der Waals surface area contributed by atoms with E-state index in [0.29, 0.717) is 12.5 Å². The first-order chi connectivity index (χ1) is 11.5. The summed E-state index contributed by atoms with van der Waals surface area (Å²) in [7, 11) is 0. The van der Waals surface area contributed by atoms with Gasteiger partial charge >= 0.3 is 0 Å². The van der Waals surface area contributed by atoms with E-state index in [9.17, 15) is 9.59 Å². The van der Waals surface area contributed by atoms with Crippen LogP contribution in [0.25, 0.3) is 0 Å². The fraction of sp³-hybridized carbons (Fsp3) is 0.474. The van der Waals surface area contributed by atoms with Gasteiger partial charge in [-0.05, 0) is 55.9 Å². The summed E-state index contributed by atoms with van der Waals surface area (Å²) in [6, 6.07) is 7.52. The SMILES string of the molecule is CSCC1CCN(C(=O)c2ccc(CNC(=O)C=C(C)C)cc2)C1. The highest BCUT2D eigenvalue weighted by Gasteiger charge is 2.26. The molecule has 1 aromatic rings. The standard InChI is InChI=1S/C19H26N2O2S/c1-14(2)10-18(22)20-11-15-4-6-17(7-5-15)19(23)21-9-8-16(12-21)13-24-3/h4-7,10,16H,8-9,11-13H2,1-3H3,(H,20,22). The Balaban J connectivity index is 1.88. The Morgan fingerprint density at radius 1 is 1.29 bits per heavy atom. The van der Waals surface area contributed by atoms with Crippen molar-refractivity contribution < 1.29 is 9.59 Å². The number of hydrogen-bond donors (Lipinski definition) is 1. The molecule has 0 spiro atoms. The number of nitrogens with zero attached hydrogens (tertiary/aromatic N) is 1. The molecular weight excluding hydrogens is 320 g/mol. The monoisotopic (exact) mass is 346 g/mol. The van der Waals surface area contributed by atoms with Gasteiger partial charge in [-0.3, -0.25) is 9.59 Å². The largest absolute Gasteiger partial charge is 0.348 e. The Kier molecular flexibility index (Phi) is 6.91. The number of rotatable bonds is 6. The predicted molar refractivity (Wildman–Crippen MR) is 100 cm³/mol. The zero-order chi connectivity index (χ0) is 17.5. The van der Waals surface area contributed by atoms with Gasteiger partial charge in [0, 0.05) is 31.3 Å². The number of benzene rings is 1. The number of nitrogens with one attached hydrogen (secondary N) is 1. The second-order valence-electron chi connectivity index (χ2n) is 6.50. The van der Waals surface area contributed by atoms with Crippen LogP contribution in [0, 0.1) is 5.92 Å². The van der Waals surface area contributed by atoms with Gasteiger partial charge in [-0.1, -0.05) is 17.7 Å². The average molecular weight is 346 g/mol. The highest BCUT2D eigenvalue weighted by molar-refractivity contribution is 7.98. The van der Waals surface area contributed by atoms with Gasteiger partial charge in [-0.25, -0.2) is 0 Å². The summed E-state index contributed by atoms with van der Waals surface area (Å²) in [5.41, 5.74) is 2.68. The molecule has 1 saturated heterocycles. The smallest absolute Gasteiger partial charge is 0.253 e. The molecule has 130 valence electrons. The van der Waals surface area contributed by atoms with Crippen LogP contribution in [-0.4, -0.2) is 41.8 Å². The molecule has 1 aromatic carbocycles. The Labute approximate surface area is 148 Å². The van der Waals surface area contributed by atoms with Crippen molar-refractivity contribution in [2.24, 2.45) is 5.92 Å². The van der Waals surface area contributed by atoms with E-state index in [2.05, 4.69) is 11.6 Å². The van der Waals surface area contributed by atoms with Crippen molar-refractivity contribution >= 4 is 23.6 Å². The van der Waals surface area contributed by atoms with Gasteiger partial charge in [0.05, 0.1) is 0 Å². The zero-order valence-electron chi connectivity index (χ0n) is 14.7. The summed E-state index contributed by atoms with van der Waals surface area (Å²) in [6.07, 6.45) is 4.79. The first kappa shape index (κ1) is 18.6. The summed E-state index contributed by atoms with van der Waals surface area (Å²) < 4.78 is 0. The summed E-state index contributed by atoms with van der Waals surface area (Å²) in [6.45, 7) is 5.96. The van der Waals surface area contributed by atoms with Crippen LogP contribution in [0.3, 0.4) is 0 Å². The topological polar surface area (TPSA) is 49.4 Å². The third-order valence-electron chi connectivity index (χ3n) is 4.06. The van der Waals surface area contributed by atoms with Gasteiger partial charge < -0.3 is 10.2 Å². The van der Waals surface area contributed by atoms with Crippen LogP contribution < -0.4 is 5.32 Å². The first-order valence-electron chi connectivity index (χ1n) is 8.29. The third-order valence-corrected chi connectivity index (χ3v) is 4.87. The van der Waals surface area contributed by atoms with Crippen LogP contribution in [0.4, 0.5) is 0 Å². The van der Waals surface area contributed by atoms with Gasteiger partial charge in [-0.15, -0.1) is 0 Å². The summed E-state index contributed by atoms with van der Waals surface area (Å²) in [5, 5.41) is 2.84. The van der Waals surface area contributed by atoms with E-state index >= 15 is 0 Å². The molecule has 1 unspecified atom stereocenters. The summed E-state index contributed by atoms with van der Waals surface area (Å²) in [5.74, 6) is 1.76. The van der Waals surface area contributed by atoms with Crippen molar-refractivity contribution in [2.75, 3.05) is 25.1 Å². The van der Waals surface area contributed by atoms with Crippen LogP contribution in [0.2, 0.25) is 0 Å². The van der Waals surface area contributed by atoms with Crippen molar-refractivity contribution in [1.29, 1.82) is 0 Å². The van der Waals surface area contributed by atoms with Crippen molar-refractivity contribution in [1.82, 2.24) is 10.2 Å². The Bertz CT molecular complexity index is 606. The lowest BCUT2D eigenvalue weighted by Gasteiger charge is -2.16. The van der Waals surface area contributed by atoms with Crippen molar-refractivity contribution in [3.05, 3.63) is 47.0 Å². The first-order valence-corrected chi connectivity index (χ1v) is 9.69. The summed E-state index contributed by atoms with van der Waals surface area (Å²) in [4.78, 5) is 26.1. The normalized spacial score (nSPS) is 16.8. The maximum Gasteiger partial charge on any atom is 0.253 e. The lowest BCUT2D eigenvalue weighted by atomic mass is 10.1. The molecule has 1 atom stereocenters. The van der Waals surface area contributed by atoms with Crippen LogP contribution >= 0.6 is 11.8 Å². The highest BCUT2D eigenvalue weighted by Crippen LogP contribution is 2.21. The van der Waals surface area contributed by atoms with Crippen LogP contribution in [0.5, 0.6) is 0 Å². The maximum atomic E-state index is 12.5. The Morgan fingerprint density at radius 2 is 2.00 bits per heavy atom. The zero-order valence-corrected chi connectivity index (χ0v) is 15.5. The lowest BCUT2D eigenvalue weighted by Crippen LogP contribution is -2.29. The minimum absolute atomic E-state index is 0.0907. The molecule has 0 aliphatic carbocycles. The molecule has 0 saturated carbocycles. The number of carbonyl (C=O) groups is 2. The maximum absolute atomic E-state index is 12.5. The van der Waals surface area contributed by atoms with E-state index in [1.165, 1.54) is 0 Å². The molecule has 0 radical (unpaired) electrons. The van der Waals surface area contributed by atoms with Gasteiger partial charge in [0.1, 0.15) is 0 Å². The molecule has 4 nitrogen and oxygen atoms in total. The number of amides is 2. The quantitative estimate of drug-likeness (QED) is 0.805. The van der Waals surface area contributed by atoms with Crippen molar-refractivity contribution in [3.8, 4) is 0 Å². The molecular formula is C19H26N2O2S. The number of allylic oxidation sites excluding steroid dienone is 1. The van der Waals surface area contributed by atoms with Gasteiger partial charge in [0.25, 0.3) is 5.91 Å². The molecule has 1 heterocycles. The third kappa shape index (κ3) is 5.41. The van der Waals surface area contributed by atoms with Gasteiger partial charge in [0.2, 0.25) is 5.91 Å². The fourth-order valence-electron chi connectivity index (χ4n) is 2.84. The molecule has 1 aliphatic heterocycles. The number of thioether (sulfide) groups is 1.